The third kappa shape index (κ3) is 3.62. The molecule has 1 aromatic carbocycles. The van der Waals surface area contributed by atoms with Crippen LogP contribution >= 0.6 is 0 Å². The van der Waals surface area contributed by atoms with Crippen molar-refractivity contribution in [3.8, 4) is 11.1 Å². The SMILES string of the molecule is CNC(=O)Cn1cc(-c2ccc([C@H](C)N3CCCC3)cc2)cn1. The smallest absolute Gasteiger partial charge is 0.241 e. The number of hydrogen-bond donors (Lipinski definition) is 1. The summed E-state index contributed by atoms with van der Waals surface area (Å²) in [5.74, 6) is -0.0468. The van der Waals surface area contributed by atoms with Crippen LogP contribution in [0.5, 0.6) is 0 Å². The minimum Gasteiger partial charge on any atom is -0.358 e. The van der Waals surface area contributed by atoms with Gasteiger partial charge in [0, 0.05) is 24.8 Å². The number of amides is 1. The van der Waals surface area contributed by atoms with E-state index in [1.165, 1.54) is 31.5 Å². The van der Waals surface area contributed by atoms with Gasteiger partial charge in [0.15, 0.2) is 0 Å². The summed E-state index contributed by atoms with van der Waals surface area (Å²) in [4.78, 5) is 13.9. The maximum atomic E-state index is 11.4. The average molecular weight is 312 g/mol. The number of aromatic nitrogens is 2. The van der Waals surface area contributed by atoms with Gasteiger partial charge in [-0.1, -0.05) is 24.3 Å². The van der Waals surface area contributed by atoms with E-state index in [4.69, 9.17) is 0 Å². The molecule has 5 heteroatoms. The highest BCUT2D eigenvalue weighted by Crippen LogP contribution is 2.27. The molecule has 1 aliphatic rings. The highest BCUT2D eigenvalue weighted by Gasteiger charge is 2.19. The predicted octanol–water partition coefficient (Wildman–Crippen LogP) is 2.45. The van der Waals surface area contributed by atoms with E-state index in [1.807, 2.05) is 12.4 Å². The van der Waals surface area contributed by atoms with E-state index in [9.17, 15) is 4.79 Å². The monoisotopic (exact) mass is 312 g/mol. The van der Waals surface area contributed by atoms with Gasteiger partial charge in [0.05, 0.1) is 6.20 Å². The topological polar surface area (TPSA) is 50.2 Å². The molecule has 1 N–H and O–H groups in total. The lowest BCUT2D eigenvalue weighted by Gasteiger charge is -2.24. The van der Waals surface area contributed by atoms with Gasteiger partial charge in [0.1, 0.15) is 6.54 Å². The molecule has 1 fully saturated rings. The highest BCUT2D eigenvalue weighted by molar-refractivity contribution is 5.75. The summed E-state index contributed by atoms with van der Waals surface area (Å²) in [7, 11) is 1.63. The Morgan fingerprint density at radius 1 is 1.22 bits per heavy atom. The first-order valence-corrected chi connectivity index (χ1v) is 8.25. The number of likely N-dealkylation sites (tertiary alicyclic amines) is 1. The second kappa shape index (κ2) is 6.96. The lowest BCUT2D eigenvalue weighted by molar-refractivity contribution is -0.121. The van der Waals surface area contributed by atoms with E-state index < -0.39 is 0 Å². The summed E-state index contributed by atoms with van der Waals surface area (Å²) in [6, 6.07) is 9.16. The summed E-state index contributed by atoms with van der Waals surface area (Å²) in [5.41, 5.74) is 3.52. The van der Waals surface area contributed by atoms with E-state index in [0.717, 1.165) is 11.1 Å². The molecule has 1 aliphatic heterocycles. The summed E-state index contributed by atoms with van der Waals surface area (Å²) < 4.78 is 1.66. The van der Waals surface area contributed by atoms with Crippen molar-refractivity contribution in [3.05, 3.63) is 42.2 Å². The fraction of sp³-hybridized carbons (Fsp3) is 0.444. The number of carbonyl (C=O) groups is 1. The Bertz CT molecular complexity index is 656. The van der Waals surface area contributed by atoms with Crippen molar-refractivity contribution in [2.75, 3.05) is 20.1 Å². The third-order valence-electron chi connectivity index (χ3n) is 4.63. The Morgan fingerprint density at radius 3 is 2.57 bits per heavy atom. The molecule has 1 aromatic heterocycles. The first-order valence-electron chi connectivity index (χ1n) is 8.25. The second-order valence-corrected chi connectivity index (χ2v) is 6.14. The number of nitrogens with one attached hydrogen (secondary N) is 1. The van der Waals surface area contributed by atoms with Crippen LogP contribution in [0.3, 0.4) is 0 Å². The molecular formula is C18H24N4O. The van der Waals surface area contributed by atoms with Crippen molar-refractivity contribution in [2.45, 2.75) is 32.4 Å². The van der Waals surface area contributed by atoms with Crippen molar-refractivity contribution in [1.82, 2.24) is 20.0 Å². The molecule has 0 spiro atoms. The van der Waals surface area contributed by atoms with E-state index in [2.05, 4.69) is 46.5 Å². The molecule has 0 radical (unpaired) electrons. The van der Waals surface area contributed by atoms with E-state index >= 15 is 0 Å². The van der Waals surface area contributed by atoms with Gasteiger partial charge in [-0.15, -0.1) is 0 Å². The van der Waals surface area contributed by atoms with Crippen LogP contribution in [0.25, 0.3) is 11.1 Å². The van der Waals surface area contributed by atoms with E-state index in [1.54, 1.807) is 11.7 Å². The van der Waals surface area contributed by atoms with Crippen LogP contribution in [0.1, 0.15) is 31.4 Å². The largest absolute Gasteiger partial charge is 0.358 e. The van der Waals surface area contributed by atoms with Crippen molar-refractivity contribution < 1.29 is 4.79 Å². The molecular weight excluding hydrogens is 288 g/mol. The molecule has 0 aliphatic carbocycles. The number of hydrogen-bond acceptors (Lipinski definition) is 3. The van der Waals surface area contributed by atoms with Gasteiger partial charge in [-0.05, 0) is 44.0 Å². The third-order valence-corrected chi connectivity index (χ3v) is 4.63. The van der Waals surface area contributed by atoms with Gasteiger partial charge in [-0.3, -0.25) is 14.4 Å². The van der Waals surface area contributed by atoms with Crippen LogP contribution in [0.4, 0.5) is 0 Å². The zero-order valence-electron chi connectivity index (χ0n) is 13.8. The number of nitrogens with zero attached hydrogens (tertiary/aromatic N) is 3. The van der Waals surface area contributed by atoms with Crippen LogP contribution in [-0.2, 0) is 11.3 Å². The van der Waals surface area contributed by atoms with Crippen LogP contribution in [-0.4, -0.2) is 40.7 Å². The lowest BCUT2D eigenvalue weighted by atomic mass is 10.0. The molecule has 1 atom stereocenters. The Labute approximate surface area is 137 Å². The quantitative estimate of drug-likeness (QED) is 0.922. The summed E-state index contributed by atoms with van der Waals surface area (Å²) in [6.45, 7) is 4.94. The highest BCUT2D eigenvalue weighted by atomic mass is 16.1. The normalized spacial score (nSPS) is 16.4. The molecule has 1 saturated heterocycles. The molecule has 5 nitrogen and oxygen atoms in total. The molecule has 2 heterocycles. The van der Waals surface area contributed by atoms with Crippen LogP contribution in [0, 0.1) is 0 Å². The van der Waals surface area contributed by atoms with Gasteiger partial charge >= 0.3 is 0 Å². The molecule has 1 amide bonds. The minimum atomic E-state index is -0.0468. The molecule has 122 valence electrons. The van der Waals surface area contributed by atoms with Gasteiger partial charge in [-0.25, -0.2) is 0 Å². The lowest BCUT2D eigenvalue weighted by Crippen LogP contribution is -2.23. The van der Waals surface area contributed by atoms with Gasteiger partial charge in [0.25, 0.3) is 0 Å². The van der Waals surface area contributed by atoms with E-state index in [-0.39, 0.29) is 12.5 Å². The standard InChI is InChI=1S/C18H24N4O/c1-14(21-9-3-4-10-21)15-5-7-16(8-6-15)17-11-20-22(12-17)13-18(23)19-2/h5-8,11-12,14H,3-4,9-10,13H2,1-2H3,(H,19,23)/t14-/m0/s1. The first-order chi connectivity index (χ1) is 11.2. The minimum absolute atomic E-state index is 0.0468. The van der Waals surface area contributed by atoms with Gasteiger partial charge in [0.2, 0.25) is 5.91 Å². The van der Waals surface area contributed by atoms with Crippen molar-refractivity contribution in [2.24, 2.45) is 0 Å². The Balaban J connectivity index is 1.70. The van der Waals surface area contributed by atoms with Crippen molar-refractivity contribution in [3.63, 3.8) is 0 Å². The number of likely N-dealkylation sites (N-methyl/N-ethyl adjacent to an activating group) is 1. The van der Waals surface area contributed by atoms with E-state index in [0.29, 0.717) is 6.04 Å². The first kappa shape index (κ1) is 15.7. The zero-order chi connectivity index (χ0) is 16.2. The Morgan fingerprint density at radius 2 is 1.91 bits per heavy atom. The second-order valence-electron chi connectivity index (χ2n) is 6.14. The van der Waals surface area contributed by atoms with Gasteiger partial charge in [-0.2, -0.15) is 5.10 Å². The number of carbonyl (C=O) groups excluding carboxylic acids is 1. The van der Waals surface area contributed by atoms with Crippen molar-refractivity contribution >= 4 is 5.91 Å². The van der Waals surface area contributed by atoms with Crippen LogP contribution < -0.4 is 5.32 Å². The fourth-order valence-corrected chi connectivity index (χ4v) is 3.12. The zero-order valence-corrected chi connectivity index (χ0v) is 13.8. The molecule has 0 saturated carbocycles. The maximum Gasteiger partial charge on any atom is 0.241 e. The predicted molar refractivity (Wildman–Crippen MR) is 91.0 cm³/mol. The fourth-order valence-electron chi connectivity index (χ4n) is 3.12. The Kier molecular flexibility index (Phi) is 4.76. The molecule has 3 rings (SSSR count). The van der Waals surface area contributed by atoms with Crippen LogP contribution in [0.2, 0.25) is 0 Å². The summed E-state index contributed by atoms with van der Waals surface area (Å²) in [5, 5.41) is 6.85. The number of benzene rings is 1. The average Bonchev–Trinajstić information content (AvgIpc) is 3.26. The van der Waals surface area contributed by atoms with Gasteiger partial charge < -0.3 is 5.32 Å². The molecule has 2 aromatic rings. The number of rotatable bonds is 5. The van der Waals surface area contributed by atoms with Crippen LogP contribution in [0.15, 0.2) is 36.7 Å². The molecule has 23 heavy (non-hydrogen) atoms. The summed E-state index contributed by atoms with van der Waals surface area (Å²) in [6.07, 6.45) is 6.34. The Hall–Kier alpha value is -2.14. The molecule has 0 unspecified atom stereocenters. The maximum absolute atomic E-state index is 11.4. The van der Waals surface area contributed by atoms with Crippen molar-refractivity contribution in [1.29, 1.82) is 0 Å². The summed E-state index contributed by atoms with van der Waals surface area (Å²) >= 11 is 0. The molecule has 0 bridgehead atoms.